The van der Waals surface area contributed by atoms with Crippen LogP contribution in [0.4, 0.5) is 0 Å². The summed E-state index contributed by atoms with van der Waals surface area (Å²) in [6, 6.07) is 14.3. The molecular formula is C18H16Cl2N2O2. The summed E-state index contributed by atoms with van der Waals surface area (Å²) in [6.07, 6.45) is 3.36. The van der Waals surface area contributed by atoms with E-state index in [1.54, 1.807) is 42.3 Å². The van der Waals surface area contributed by atoms with Gasteiger partial charge in [-0.05, 0) is 17.7 Å². The van der Waals surface area contributed by atoms with E-state index >= 15 is 0 Å². The summed E-state index contributed by atoms with van der Waals surface area (Å²) in [4.78, 5) is 4.36. The third-order valence-electron chi connectivity index (χ3n) is 3.82. The van der Waals surface area contributed by atoms with Crippen LogP contribution in [-0.2, 0) is 17.1 Å². The molecule has 0 radical (unpaired) electrons. The molecule has 6 heteroatoms. The molecule has 1 atom stereocenters. The summed E-state index contributed by atoms with van der Waals surface area (Å²) in [5, 5.41) is 12.6. The average Bonchev–Trinajstić information content (AvgIpc) is 3.04. The monoisotopic (exact) mass is 362 g/mol. The Morgan fingerprint density at radius 2 is 1.92 bits per heavy atom. The number of nitrogens with zero attached hydrogens (tertiary/aromatic N) is 2. The maximum absolute atomic E-state index is 11.7. The minimum Gasteiger partial charge on any atom is -0.373 e. The molecule has 0 spiro atoms. The topological polar surface area (TPSA) is 47.3 Å². The van der Waals surface area contributed by atoms with E-state index in [1.807, 2.05) is 30.3 Å². The highest BCUT2D eigenvalue weighted by Crippen LogP contribution is 2.40. The fourth-order valence-corrected chi connectivity index (χ4v) is 3.29. The standard InChI is InChI=1S/C18H16Cl2N2O2/c1-24-12-22-10-9-21-17(22)18(23,13-5-3-2-4-6-13)15-8-7-14(19)11-16(15)20/h2-11,23H,12H2,1H3. The Labute approximate surface area is 150 Å². The van der Waals surface area contributed by atoms with Crippen LogP contribution < -0.4 is 0 Å². The van der Waals surface area contributed by atoms with Gasteiger partial charge in [-0.1, -0.05) is 59.6 Å². The van der Waals surface area contributed by atoms with E-state index in [0.717, 1.165) is 0 Å². The van der Waals surface area contributed by atoms with Crippen LogP contribution in [0.3, 0.4) is 0 Å². The highest BCUT2D eigenvalue weighted by molar-refractivity contribution is 6.35. The van der Waals surface area contributed by atoms with Gasteiger partial charge in [-0.15, -0.1) is 0 Å². The largest absolute Gasteiger partial charge is 0.373 e. The smallest absolute Gasteiger partial charge is 0.174 e. The highest BCUT2D eigenvalue weighted by Gasteiger charge is 2.39. The lowest BCUT2D eigenvalue weighted by molar-refractivity contribution is 0.0846. The van der Waals surface area contributed by atoms with Crippen LogP contribution in [0.2, 0.25) is 10.0 Å². The molecule has 1 unspecified atom stereocenters. The number of halogens is 2. The molecule has 0 aliphatic rings. The number of imidazole rings is 1. The van der Waals surface area contributed by atoms with Crippen LogP contribution in [-0.4, -0.2) is 21.8 Å². The molecule has 0 saturated heterocycles. The third-order valence-corrected chi connectivity index (χ3v) is 4.37. The number of aliphatic hydroxyl groups is 1. The van der Waals surface area contributed by atoms with E-state index in [-0.39, 0.29) is 6.73 Å². The van der Waals surface area contributed by atoms with Crippen molar-refractivity contribution in [1.29, 1.82) is 0 Å². The van der Waals surface area contributed by atoms with E-state index < -0.39 is 5.60 Å². The Hall–Kier alpha value is -1.85. The van der Waals surface area contributed by atoms with Crippen molar-refractivity contribution in [2.75, 3.05) is 7.11 Å². The third kappa shape index (κ3) is 2.94. The summed E-state index contributed by atoms with van der Waals surface area (Å²) < 4.78 is 6.93. The van der Waals surface area contributed by atoms with Crippen molar-refractivity contribution in [3.05, 3.63) is 87.9 Å². The summed E-state index contributed by atoms with van der Waals surface area (Å²) in [5.41, 5.74) is -0.383. The Morgan fingerprint density at radius 1 is 1.17 bits per heavy atom. The molecule has 3 rings (SSSR count). The number of hydrogen-bond donors (Lipinski definition) is 1. The first-order chi connectivity index (χ1) is 11.6. The van der Waals surface area contributed by atoms with Gasteiger partial charge in [-0.2, -0.15) is 0 Å². The van der Waals surface area contributed by atoms with Gasteiger partial charge >= 0.3 is 0 Å². The molecule has 0 aliphatic carbocycles. The molecule has 0 amide bonds. The molecule has 1 aromatic heterocycles. The zero-order valence-corrected chi connectivity index (χ0v) is 14.5. The van der Waals surface area contributed by atoms with Gasteiger partial charge < -0.3 is 14.4 Å². The Morgan fingerprint density at radius 3 is 2.58 bits per heavy atom. The second-order valence-electron chi connectivity index (χ2n) is 5.34. The normalized spacial score (nSPS) is 13.7. The minimum atomic E-state index is -1.54. The van der Waals surface area contributed by atoms with Crippen molar-refractivity contribution in [1.82, 2.24) is 9.55 Å². The molecule has 124 valence electrons. The average molecular weight is 363 g/mol. The molecular weight excluding hydrogens is 347 g/mol. The first-order valence-corrected chi connectivity index (χ1v) is 8.07. The molecule has 4 nitrogen and oxygen atoms in total. The predicted molar refractivity (Wildman–Crippen MR) is 94.2 cm³/mol. The van der Waals surface area contributed by atoms with Gasteiger partial charge in [-0.25, -0.2) is 4.98 Å². The summed E-state index contributed by atoms with van der Waals surface area (Å²) in [6.45, 7) is 0.260. The van der Waals surface area contributed by atoms with E-state index in [0.29, 0.717) is 27.0 Å². The summed E-state index contributed by atoms with van der Waals surface area (Å²) in [7, 11) is 1.58. The second-order valence-corrected chi connectivity index (χ2v) is 6.18. The number of rotatable bonds is 5. The summed E-state index contributed by atoms with van der Waals surface area (Å²) in [5.74, 6) is 0.416. The number of hydrogen-bond acceptors (Lipinski definition) is 3. The number of ether oxygens (including phenoxy) is 1. The van der Waals surface area contributed by atoms with Crippen LogP contribution >= 0.6 is 23.2 Å². The van der Waals surface area contributed by atoms with Gasteiger partial charge in [0.05, 0.1) is 0 Å². The first-order valence-electron chi connectivity index (χ1n) is 7.31. The van der Waals surface area contributed by atoms with E-state index in [4.69, 9.17) is 27.9 Å². The lowest BCUT2D eigenvalue weighted by Gasteiger charge is -2.30. The zero-order chi connectivity index (χ0) is 17.2. The lowest BCUT2D eigenvalue weighted by Crippen LogP contribution is -2.33. The van der Waals surface area contributed by atoms with Gasteiger partial charge in [-0.3, -0.25) is 0 Å². The van der Waals surface area contributed by atoms with Gasteiger partial charge in [0.25, 0.3) is 0 Å². The second kappa shape index (κ2) is 6.95. The van der Waals surface area contributed by atoms with Crippen LogP contribution in [0.1, 0.15) is 17.0 Å². The maximum Gasteiger partial charge on any atom is 0.174 e. The molecule has 24 heavy (non-hydrogen) atoms. The van der Waals surface area contributed by atoms with Gasteiger partial charge in [0.1, 0.15) is 6.73 Å². The van der Waals surface area contributed by atoms with Gasteiger partial charge in [0, 0.05) is 35.1 Å². The van der Waals surface area contributed by atoms with E-state index in [9.17, 15) is 5.11 Å². The maximum atomic E-state index is 11.7. The molecule has 3 aromatic rings. The number of benzene rings is 2. The molecule has 1 N–H and O–H groups in total. The molecule has 0 bridgehead atoms. The van der Waals surface area contributed by atoms with Crippen molar-refractivity contribution in [2.45, 2.75) is 12.3 Å². The van der Waals surface area contributed by atoms with Gasteiger partial charge in [0.15, 0.2) is 11.4 Å². The fourth-order valence-electron chi connectivity index (χ4n) is 2.74. The van der Waals surface area contributed by atoms with Crippen molar-refractivity contribution in [3.63, 3.8) is 0 Å². The number of aromatic nitrogens is 2. The van der Waals surface area contributed by atoms with E-state index in [2.05, 4.69) is 4.98 Å². The van der Waals surface area contributed by atoms with Crippen molar-refractivity contribution < 1.29 is 9.84 Å². The highest BCUT2D eigenvalue weighted by atomic mass is 35.5. The van der Waals surface area contributed by atoms with Crippen LogP contribution in [0.25, 0.3) is 0 Å². The Balaban J connectivity index is 2.27. The molecule has 1 heterocycles. The zero-order valence-electron chi connectivity index (χ0n) is 13.0. The first kappa shape index (κ1) is 17.0. The van der Waals surface area contributed by atoms with Crippen molar-refractivity contribution >= 4 is 23.2 Å². The molecule has 0 aliphatic heterocycles. The minimum absolute atomic E-state index is 0.260. The van der Waals surface area contributed by atoms with Crippen molar-refractivity contribution in [2.24, 2.45) is 0 Å². The molecule has 0 fully saturated rings. The molecule has 0 saturated carbocycles. The van der Waals surface area contributed by atoms with Crippen molar-refractivity contribution in [3.8, 4) is 0 Å². The van der Waals surface area contributed by atoms with Crippen LogP contribution in [0.5, 0.6) is 0 Å². The van der Waals surface area contributed by atoms with Crippen LogP contribution in [0.15, 0.2) is 60.9 Å². The fraction of sp³-hybridized carbons (Fsp3) is 0.167. The Kier molecular flexibility index (Phi) is 4.92. The van der Waals surface area contributed by atoms with E-state index in [1.165, 1.54) is 0 Å². The quantitative estimate of drug-likeness (QED) is 0.743. The van der Waals surface area contributed by atoms with Crippen LogP contribution in [0, 0.1) is 0 Å². The predicted octanol–water partition coefficient (Wildman–Crippen LogP) is 4.08. The lowest BCUT2D eigenvalue weighted by atomic mass is 9.85. The van der Waals surface area contributed by atoms with Gasteiger partial charge in [0.2, 0.25) is 0 Å². The summed E-state index contributed by atoms with van der Waals surface area (Å²) >= 11 is 12.4. The number of methoxy groups -OCH3 is 1. The Bertz CT molecular complexity index is 836. The molecule has 2 aromatic carbocycles. The SMILES string of the molecule is COCn1ccnc1C(O)(c1ccccc1)c1ccc(Cl)cc1Cl.